The summed E-state index contributed by atoms with van der Waals surface area (Å²) < 4.78 is 12.9. The van der Waals surface area contributed by atoms with Gasteiger partial charge in [-0.3, -0.25) is 0 Å². The molecular formula is C25H28N4O3S. The highest BCUT2D eigenvalue weighted by Gasteiger charge is 2.35. The van der Waals surface area contributed by atoms with Crippen molar-refractivity contribution >= 4 is 23.7 Å². The number of unbranched alkanes of at least 4 members (excludes halogenated alkanes) is 1. The number of nitrogens with zero attached hydrogens (tertiary/aromatic N) is 3. The summed E-state index contributed by atoms with van der Waals surface area (Å²) in [6.07, 6.45) is 2.21. The highest BCUT2D eigenvalue weighted by Crippen LogP contribution is 2.37. The number of esters is 1. The number of benzene rings is 2. The maximum atomic E-state index is 13.3. The van der Waals surface area contributed by atoms with Crippen LogP contribution in [0.2, 0.25) is 0 Å². The number of anilines is 1. The molecule has 1 aliphatic rings. The predicted octanol–water partition coefficient (Wildman–Crippen LogP) is 5.21. The molecule has 1 unspecified atom stereocenters. The zero-order valence-corrected chi connectivity index (χ0v) is 19.9. The molecule has 0 spiro atoms. The lowest BCUT2D eigenvalue weighted by atomic mass is 9.95. The van der Waals surface area contributed by atoms with E-state index in [1.165, 1.54) is 0 Å². The summed E-state index contributed by atoms with van der Waals surface area (Å²) in [5.74, 6) is 1.87. The smallest absolute Gasteiger partial charge is 0.338 e. The largest absolute Gasteiger partial charge is 0.497 e. The summed E-state index contributed by atoms with van der Waals surface area (Å²) in [6, 6.07) is 16.8. The second-order valence-corrected chi connectivity index (χ2v) is 8.83. The average Bonchev–Trinajstić information content (AvgIpc) is 3.24. The number of ether oxygens (including phenoxy) is 2. The topological polar surface area (TPSA) is 78.3 Å². The number of methoxy groups -OCH3 is 1. The average molecular weight is 465 g/mol. The molecule has 0 aliphatic carbocycles. The van der Waals surface area contributed by atoms with Crippen molar-refractivity contribution in [2.75, 3.05) is 18.2 Å². The first-order valence-corrected chi connectivity index (χ1v) is 12.0. The molecule has 1 aromatic heterocycles. The van der Waals surface area contributed by atoms with Gasteiger partial charge in [-0.2, -0.15) is 4.98 Å². The standard InChI is InChI=1S/C25H28N4O3S/c1-4-5-14-33-25-27-24-26-17(2)21(23(30)32-16-18-10-7-6-8-11-18)22(29(24)28-25)19-12-9-13-20(15-19)31-3/h6-13,15,22H,4-5,14,16H2,1-3H3,(H,26,27,28). The zero-order chi connectivity index (χ0) is 23.2. The van der Waals surface area contributed by atoms with Crippen molar-refractivity contribution in [3.05, 3.63) is 77.0 Å². The van der Waals surface area contributed by atoms with Crippen LogP contribution in [-0.4, -0.2) is 33.6 Å². The Balaban J connectivity index is 1.68. The second kappa shape index (κ2) is 10.6. The van der Waals surface area contributed by atoms with Gasteiger partial charge in [0.25, 0.3) is 0 Å². The molecule has 7 nitrogen and oxygen atoms in total. The maximum absolute atomic E-state index is 13.3. The van der Waals surface area contributed by atoms with Crippen LogP contribution in [0, 0.1) is 0 Å². The van der Waals surface area contributed by atoms with E-state index in [1.54, 1.807) is 23.6 Å². The summed E-state index contributed by atoms with van der Waals surface area (Å²) in [5.41, 5.74) is 3.01. The summed E-state index contributed by atoms with van der Waals surface area (Å²) in [7, 11) is 1.63. The van der Waals surface area contributed by atoms with E-state index in [9.17, 15) is 4.79 Å². The molecule has 172 valence electrons. The van der Waals surface area contributed by atoms with E-state index in [1.807, 2.05) is 61.5 Å². The molecule has 3 aromatic rings. The van der Waals surface area contributed by atoms with E-state index >= 15 is 0 Å². The van der Waals surface area contributed by atoms with Gasteiger partial charge in [0, 0.05) is 11.4 Å². The molecule has 0 fully saturated rings. The first-order valence-electron chi connectivity index (χ1n) is 11.0. The van der Waals surface area contributed by atoms with Crippen molar-refractivity contribution in [2.45, 2.75) is 44.5 Å². The van der Waals surface area contributed by atoms with Crippen LogP contribution in [0.1, 0.15) is 43.9 Å². The van der Waals surface area contributed by atoms with Crippen LogP contribution < -0.4 is 10.1 Å². The van der Waals surface area contributed by atoms with Crippen LogP contribution in [0.3, 0.4) is 0 Å². The van der Waals surface area contributed by atoms with Crippen LogP contribution in [0.5, 0.6) is 5.75 Å². The fraction of sp³-hybridized carbons (Fsp3) is 0.320. The lowest BCUT2D eigenvalue weighted by Crippen LogP contribution is -2.29. The number of carbonyl (C=O) groups is 1. The van der Waals surface area contributed by atoms with Gasteiger partial charge in [0.2, 0.25) is 11.1 Å². The van der Waals surface area contributed by atoms with E-state index in [2.05, 4.69) is 17.2 Å². The molecule has 0 saturated carbocycles. The normalized spacial score (nSPS) is 15.1. The lowest BCUT2D eigenvalue weighted by molar-refractivity contribution is -0.140. The van der Waals surface area contributed by atoms with Gasteiger partial charge in [0.15, 0.2) is 0 Å². The van der Waals surface area contributed by atoms with Gasteiger partial charge in [-0.25, -0.2) is 9.48 Å². The van der Waals surface area contributed by atoms with Crippen molar-refractivity contribution in [1.29, 1.82) is 0 Å². The number of hydrogen-bond donors (Lipinski definition) is 1. The van der Waals surface area contributed by atoms with Gasteiger partial charge in [0.1, 0.15) is 18.4 Å². The third-order valence-corrected chi connectivity index (χ3v) is 6.33. The Morgan fingerprint density at radius 1 is 1.18 bits per heavy atom. The minimum Gasteiger partial charge on any atom is -0.497 e. The molecular weight excluding hydrogens is 436 g/mol. The molecule has 1 atom stereocenters. The highest BCUT2D eigenvalue weighted by molar-refractivity contribution is 7.99. The summed E-state index contributed by atoms with van der Waals surface area (Å²) in [5, 5.41) is 8.68. The number of hydrogen-bond acceptors (Lipinski definition) is 7. The van der Waals surface area contributed by atoms with Gasteiger partial charge in [-0.05, 0) is 36.6 Å². The number of rotatable bonds is 9. The number of thioether (sulfide) groups is 1. The maximum Gasteiger partial charge on any atom is 0.338 e. The van der Waals surface area contributed by atoms with Crippen molar-refractivity contribution < 1.29 is 14.3 Å². The summed E-state index contributed by atoms with van der Waals surface area (Å²) >= 11 is 1.62. The number of nitrogens with one attached hydrogen (secondary N) is 1. The fourth-order valence-corrected chi connectivity index (χ4v) is 4.60. The van der Waals surface area contributed by atoms with E-state index in [0.29, 0.717) is 28.1 Å². The van der Waals surface area contributed by atoms with Gasteiger partial charge in [0.05, 0.1) is 12.7 Å². The fourth-order valence-electron chi connectivity index (χ4n) is 3.69. The third-order valence-electron chi connectivity index (χ3n) is 5.40. The minimum atomic E-state index is -0.479. The van der Waals surface area contributed by atoms with E-state index in [0.717, 1.165) is 29.7 Å². The van der Waals surface area contributed by atoms with Crippen LogP contribution in [0.15, 0.2) is 71.0 Å². The van der Waals surface area contributed by atoms with E-state index < -0.39 is 12.0 Å². The highest BCUT2D eigenvalue weighted by atomic mass is 32.2. The first-order chi connectivity index (χ1) is 16.1. The molecule has 2 aromatic carbocycles. The Labute approximate surface area is 198 Å². The first kappa shape index (κ1) is 22.9. The Morgan fingerprint density at radius 2 is 2.00 bits per heavy atom. The minimum absolute atomic E-state index is 0.198. The second-order valence-electron chi connectivity index (χ2n) is 7.77. The molecule has 0 amide bonds. The third kappa shape index (κ3) is 5.22. The Hall–Kier alpha value is -3.26. The quantitative estimate of drug-likeness (QED) is 0.264. The molecule has 2 heterocycles. The summed E-state index contributed by atoms with van der Waals surface area (Å²) in [6.45, 7) is 4.23. The lowest BCUT2D eigenvalue weighted by Gasteiger charge is -2.28. The molecule has 8 heteroatoms. The van der Waals surface area contributed by atoms with Crippen LogP contribution in [0.4, 0.5) is 5.95 Å². The van der Waals surface area contributed by atoms with Gasteiger partial charge in [-0.1, -0.05) is 67.6 Å². The Bertz CT molecular complexity index is 1140. The van der Waals surface area contributed by atoms with Crippen molar-refractivity contribution in [1.82, 2.24) is 14.8 Å². The van der Waals surface area contributed by atoms with Gasteiger partial charge >= 0.3 is 5.97 Å². The molecule has 33 heavy (non-hydrogen) atoms. The molecule has 0 radical (unpaired) electrons. The SMILES string of the molecule is CCCCSc1nc2n(n1)C(c1cccc(OC)c1)C(C(=O)OCc1ccccc1)=C(C)N2. The molecule has 0 saturated heterocycles. The van der Waals surface area contributed by atoms with Crippen molar-refractivity contribution in [2.24, 2.45) is 0 Å². The molecule has 1 aliphatic heterocycles. The zero-order valence-electron chi connectivity index (χ0n) is 19.1. The number of fused-ring (bicyclic) bond motifs is 1. The molecule has 1 N–H and O–H groups in total. The number of carbonyl (C=O) groups excluding carboxylic acids is 1. The molecule has 4 rings (SSSR count). The van der Waals surface area contributed by atoms with Gasteiger partial charge < -0.3 is 14.8 Å². The van der Waals surface area contributed by atoms with E-state index in [4.69, 9.17) is 14.6 Å². The Kier molecular flexibility index (Phi) is 7.34. The van der Waals surface area contributed by atoms with Crippen molar-refractivity contribution in [3.63, 3.8) is 0 Å². The number of aromatic nitrogens is 3. The van der Waals surface area contributed by atoms with Crippen molar-refractivity contribution in [3.8, 4) is 5.75 Å². The molecule has 0 bridgehead atoms. The predicted molar refractivity (Wildman–Crippen MR) is 129 cm³/mol. The van der Waals surface area contributed by atoms with E-state index in [-0.39, 0.29) is 6.61 Å². The monoisotopic (exact) mass is 464 g/mol. The Morgan fingerprint density at radius 3 is 2.76 bits per heavy atom. The van der Waals surface area contributed by atoms with Crippen LogP contribution >= 0.6 is 11.8 Å². The summed E-state index contributed by atoms with van der Waals surface area (Å²) in [4.78, 5) is 18.0. The van der Waals surface area contributed by atoms with Gasteiger partial charge in [-0.15, -0.1) is 5.10 Å². The van der Waals surface area contributed by atoms with Crippen LogP contribution in [0.25, 0.3) is 0 Å². The number of allylic oxidation sites excluding steroid dienone is 1. The van der Waals surface area contributed by atoms with Crippen LogP contribution in [-0.2, 0) is 16.1 Å².